The van der Waals surface area contributed by atoms with Crippen molar-refractivity contribution in [3.63, 3.8) is 0 Å². The van der Waals surface area contributed by atoms with Crippen molar-refractivity contribution in [2.45, 2.75) is 106 Å². The molecule has 0 N–H and O–H groups in total. The summed E-state index contributed by atoms with van der Waals surface area (Å²) >= 11 is 0. The molecule has 0 bridgehead atoms. The molecule has 0 nitrogen and oxygen atoms in total. The van der Waals surface area contributed by atoms with Crippen LogP contribution >= 0.6 is 0 Å². The maximum absolute atomic E-state index is 2.58. The van der Waals surface area contributed by atoms with Crippen LogP contribution in [-0.4, -0.2) is 0 Å². The third kappa shape index (κ3) is 4.99. The minimum absolute atomic E-state index is 0.522. The van der Waals surface area contributed by atoms with Gasteiger partial charge in [-0.15, -0.1) is 0 Å². The molecular weight excluding hydrogens is 276 g/mol. The van der Waals surface area contributed by atoms with Crippen molar-refractivity contribution in [3.05, 3.63) is 0 Å². The second-order valence-corrected chi connectivity index (χ2v) is 11.0. The van der Waals surface area contributed by atoms with Crippen LogP contribution in [0, 0.1) is 40.4 Å². The zero-order valence-corrected chi connectivity index (χ0v) is 17.3. The normalized spacial score (nSPS) is 33.9. The Morgan fingerprint density at radius 1 is 0.696 bits per heavy atom. The van der Waals surface area contributed by atoms with E-state index in [1.807, 2.05) is 0 Å². The van der Waals surface area contributed by atoms with Gasteiger partial charge in [0.15, 0.2) is 0 Å². The Morgan fingerprint density at radius 3 is 1.48 bits per heavy atom. The Balaban J connectivity index is 1.92. The van der Waals surface area contributed by atoms with E-state index in [9.17, 15) is 0 Å². The third-order valence-electron chi connectivity index (χ3n) is 7.85. The number of hydrogen-bond acceptors (Lipinski definition) is 0. The molecule has 0 unspecified atom stereocenters. The highest BCUT2D eigenvalue weighted by Gasteiger charge is 2.41. The van der Waals surface area contributed by atoms with Gasteiger partial charge in [0.25, 0.3) is 0 Å². The molecule has 2 saturated carbocycles. The van der Waals surface area contributed by atoms with Crippen molar-refractivity contribution in [3.8, 4) is 0 Å². The van der Waals surface area contributed by atoms with E-state index < -0.39 is 0 Å². The van der Waals surface area contributed by atoms with Crippen molar-refractivity contribution in [1.82, 2.24) is 0 Å². The molecule has 0 aromatic rings. The van der Waals surface area contributed by atoms with Crippen LogP contribution in [0.1, 0.15) is 106 Å². The molecule has 0 aliphatic heterocycles. The van der Waals surface area contributed by atoms with Gasteiger partial charge in [0.2, 0.25) is 0 Å². The van der Waals surface area contributed by atoms with Crippen LogP contribution < -0.4 is 0 Å². The van der Waals surface area contributed by atoms with Crippen molar-refractivity contribution < 1.29 is 0 Å². The maximum atomic E-state index is 2.58. The lowest BCUT2D eigenvalue weighted by molar-refractivity contribution is 0.0304. The zero-order valence-electron chi connectivity index (χ0n) is 17.3. The summed E-state index contributed by atoms with van der Waals surface area (Å²) in [6, 6.07) is 0. The summed E-state index contributed by atoms with van der Waals surface area (Å²) in [6.45, 7) is 17.6. The molecule has 0 saturated heterocycles. The van der Waals surface area contributed by atoms with Crippen LogP contribution in [-0.2, 0) is 0 Å². The van der Waals surface area contributed by atoms with E-state index in [0.29, 0.717) is 10.8 Å². The first-order valence-corrected chi connectivity index (χ1v) is 10.6. The van der Waals surface area contributed by atoms with Crippen molar-refractivity contribution in [1.29, 1.82) is 0 Å². The van der Waals surface area contributed by atoms with Gasteiger partial charge in [-0.25, -0.2) is 0 Å². The topological polar surface area (TPSA) is 0 Å². The Morgan fingerprint density at radius 2 is 1.09 bits per heavy atom. The van der Waals surface area contributed by atoms with Crippen molar-refractivity contribution in [2.24, 2.45) is 40.4 Å². The lowest BCUT2D eigenvalue weighted by Crippen LogP contribution is -2.37. The molecule has 0 atom stereocenters. The van der Waals surface area contributed by atoms with Crippen LogP contribution in [0.3, 0.4) is 0 Å². The fourth-order valence-corrected chi connectivity index (χ4v) is 6.07. The van der Waals surface area contributed by atoms with Crippen LogP contribution in [0.2, 0.25) is 0 Å². The van der Waals surface area contributed by atoms with E-state index in [4.69, 9.17) is 0 Å². The van der Waals surface area contributed by atoms with Crippen LogP contribution in [0.4, 0.5) is 0 Å². The molecule has 0 radical (unpaired) electrons. The summed E-state index contributed by atoms with van der Waals surface area (Å²) < 4.78 is 0. The summed E-state index contributed by atoms with van der Waals surface area (Å²) in [7, 11) is 0. The molecule has 2 fully saturated rings. The van der Waals surface area contributed by atoms with Gasteiger partial charge in [-0.05, 0) is 85.4 Å². The van der Waals surface area contributed by atoms with Crippen molar-refractivity contribution >= 4 is 0 Å². The molecule has 0 heteroatoms. The molecule has 0 aromatic carbocycles. The van der Waals surface area contributed by atoms with Gasteiger partial charge in [-0.3, -0.25) is 0 Å². The lowest BCUT2D eigenvalue weighted by atomic mass is 9.58. The molecule has 0 spiro atoms. The smallest absolute Gasteiger partial charge is 0.0321 e. The van der Waals surface area contributed by atoms with Gasteiger partial charge >= 0.3 is 0 Å². The number of hydrogen-bond donors (Lipinski definition) is 0. The molecule has 0 aromatic heterocycles. The minimum atomic E-state index is 0.522. The van der Waals surface area contributed by atoms with Gasteiger partial charge in [0, 0.05) is 0 Å². The van der Waals surface area contributed by atoms with Crippen molar-refractivity contribution in [2.75, 3.05) is 0 Å². The first-order chi connectivity index (χ1) is 10.6. The predicted octanol–water partition coefficient (Wildman–Crippen LogP) is 7.72. The van der Waals surface area contributed by atoms with E-state index in [1.165, 1.54) is 57.8 Å². The highest BCUT2D eigenvalue weighted by molar-refractivity contribution is 4.91. The Kier molecular flexibility index (Phi) is 6.29. The monoisotopic (exact) mass is 320 g/mol. The van der Waals surface area contributed by atoms with Crippen LogP contribution in [0.5, 0.6) is 0 Å². The fraction of sp³-hybridized carbons (Fsp3) is 1.00. The van der Waals surface area contributed by atoms with E-state index >= 15 is 0 Å². The second kappa shape index (κ2) is 7.49. The second-order valence-electron chi connectivity index (χ2n) is 11.0. The Bertz CT molecular complexity index is 346. The van der Waals surface area contributed by atoms with Gasteiger partial charge in [-0.2, -0.15) is 0 Å². The number of rotatable bonds is 5. The average molecular weight is 321 g/mol. The molecule has 2 aliphatic carbocycles. The van der Waals surface area contributed by atoms with Gasteiger partial charge in [0.1, 0.15) is 0 Å². The van der Waals surface area contributed by atoms with E-state index in [0.717, 1.165) is 29.6 Å². The highest BCUT2D eigenvalue weighted by atomic mass is 14.5. The van der Waals surface area contributed by atoms with E-state index in [-0.39, 0.29) is 0 Å². The largest absolute Gasteiger partial charge is 0.0625 e. The average Bonchev–Trinajstić information content (AvgIpc) is 2.46. The molecule has 136 valence electrons. The SMILES string of the molecule is CC1CCC(C(C)(C)CC(C)(C)C2CCC(C(C)C)CC2)CC1. The summed E-state index contributed by atoms with van der Waals surface area (Å²) in [5.41, 5.74) is 1.05. The third-order valence-corrected chi connectivity index (χ3v) is 7.85. The molecule has 2 rings (SSSR count). The molecule has 0 heterocycles. The quantitative estimate of drug-likeness (QED) is 0.486. The first kappa shape index (κ1) is 19.3. The molecule has 0 amide bonds. The Hall–Kier alpha value is 0. The Labute approximate surface area is 147 Å². The standard InChI is InChI=1S/C23H44/c1-17(2)19-10-14-21(15-11-19)23(6,7)16-22(4,5)20-12-8-18(3)9-13-20/h17-21H,8-16H2,1-7H3. The molecule has 23 heavy (non-hydrogen) atoms. The maximum Gasteiger partial charge on any atom is -0.0321 e. The van der Waals surface area contributed by atoms with E-state index in [2.05, 4.69) is 48.5 Å². The summed E-state index contributed by atoms with van der Waals surface area (Å²) in [4.78, 5) is 0. The summed E-state index contributed by atoms with van der Waals surface area (Å²) in [6.07, 6.45) is 13.2. The summed E-state index contributed by atoms with van der Waals surface area (Å²) in [5.74, 6) is 4.78. The lowest BCUT2D eigenvalue weighted by Gasteiger charge is -2.47. The van der Waals surface area contributed by atoms with Gasteiger partial charge in [-0.1, -0.05) is 61.3 Å². The zero-order chi connectivity index (χ0) is 17.3. The first-order valence-electron chi connectivity index (χ1n) is 10.6. The minimum Gasteiger partial charge on any atom is -0.0625 e. The van der Waals surface area contributed by atoms with Gasteiger partial charge in [0.05, 0.1) is 0 Å². The van der Waals surface area contributed by atoms with E-state index in [1.54, 1.807) is 0 Å². The molecule has 2 aliphatic rings. The summed E-state index contributed by atoms with van der Waals surface area (Å²) in [5, 5.41) is 0. The van der Waals surface area contributed by atoms with Gasteiger partial charge < -0.3 is 0 Å². The molecular formula is C23H44. The highest BCUT2D eigenvalue weighted by Crippen LogP contribution is 2.51. The van der Waals surface area contributed by atoms with Crippen LogP contribution in [0.15, 0.2) is 0 Å². The fourth-order valence-electron chi connectivity index (χ4n) is 6.07. The van der Waals surface area contributed by atoms with Crippen LogP contribution in [0.25, 0.3) is 0 Å². The predicted molar refractivity (Wildman–Crippen MR) is 104 cm³/mol.